The molecule has 0 radical (unpaired) electrons. The Hall–Kier alpha value is -1.42. The molecule has 0 spiro atoms. The van der Waals surface area contributed by atoms with Gasteiger partial charge in [0, 0.05) is 25.8 Å². The van der Waals surface area contributed by atoms with Crippen LogP contribution in [0.4, 0.5) is 4.39 Å². The molecule has 0 aliphatic carbocycles. The summed E-state index contributed by atoms with van der Waals surface area (Å²) < 4.78 is 18.4. The lowest BCUT2D eigenvalue weighted by Gasteiger charge is -2.19. The molecule has 3 nitrogen and oxygen atoms in total. The van der Waals surface area contributed by atoms with Crippen LogP contribution >= 0.6 is 0 Å². The molecule has 16 heavy (non-hydrogen) atoms. The smallest absolute Gasteiger partial charge is 0.251 e. The summed E-state index contributed by atoms with van der Waals surface area (Å²) in [7, 11) is 1.49. The lowest BCUT2D eigenvalue weighted by molar-refractivity contribution is -0.141. The highest BCUT2D eigenvalue weighted by atomic mass is 19.1. The number of hydrogen-bond donors (Lipinski definition) is 0. The van der Waals surface area contributed by atoms with E-state index in [1.54, 1.807) is 17.9 Å². The van der Waals surface area contributed by atoms with E-state index in [4.69, 9.17) is 4.74 Å². The number of carbonyl (C=O) groups excluding carboxylic acids is 1. The normalized spacial score (nSPS) is 16.1. The molecule has 0 N–H and O–H groups in total. The lowest BCUT2D eigenvalue weighted by atomic mass is 10.1. The van der Waals surface area contributed by atoms with Crippen molar-refractivity contribution in [3.05, 3.63) is 35.1 Å². The Morgan fingerprint density at radius 3 is 2.88 bits per heavy atom. The molecular weight excluding hydrogens is 209 g/mol. The summed E-state index contributed by atoms with van der Waals surface area (Å²) in [5.41, 5.74) is 1.51. The van der Waals surface area contributed by atoms with Crippen molar-refractivity contribution >= 4 is 5.91 Å². The summed E-state index contributed by atoms with van der Waals surface area (Å²) in [6, 6.07) is 4.94. The van der Waals surface area contributed by atoms with Crippen LogP contribution in [0.3, 0.4) is 0 Å². The minimum atomic E-state index is -0.475. The first-order valence-corrected chi connectivity index (χ1v) is 5.21. The molecule has 1 aliphatic heterocycles. The fourth-order valence-corrected chi connectivity index (χ4v) is 1.89. The van der Waals surface area contributed by atoms with E-state index in [1.807, 2.05) is 6.07 Å². The SMILES string of the molecule is CO[C@@H](C)C(=O)N1Cc2cccc(F)c2C1. The maximum Gasteiger partial charge on any atom is 0.251 e. The number of carbonyl (C=O) groups is 1. The Labute approximate surface area is 93.8 Å². The van der Waals surface area contributed by atoms with E-state index in [9.17, 15) is 9.18 Å². The molecule has 1 atom stereocenters. The van der Waals surface area contributed by atoms with Gasteiger partial charge in [0.1, 0.15) is 11.9 Å². The molecule has 2 rings (SSSR count). The van der Waals surface area contributed by atoms with Crippen LogP contribution in [0.2, 0.25) is 0 Å². The van der Waals surface area contributed by atoms with Crippen molar-refractivity contribution in [1.29, 1.82) is 0 Å². The van der Waals surface area contributed by atoms with Crippen molar-refractivity contribution in [2.45, 2.75) is 26.1 Å². The van der Waals surface area contributed by atoms with Crippen LogP contribution in [0.15, 0.2) is 18.2 Å². The van der Waals surface area contributed by atoms with Gasteiger partial charge in [-0.1, -0.05) is 12.1 Å². The standard InChI is InChI=1S/C12H14FNO2/c1-8(16-2)12(15)14-6-9-4-3-5-11(13)10(9)7-14/h3-5,8H,6-7H2,1-2H3/t8-/m0/s1. The zero-order chi connectivity index (χ0) is 11.7. The first-order chi connectivity index (χ1) is 7.63. The van der Waals surface area contributed by atoms with Crippen LogP contribution in [0.5, 0.6) is 0 Å². The van der Waals surface area contributed by atoms with Crippen molar-refractivity contribution in [1.82, 2.24) is 4.90 Å². The van der Waals surface area contributed by atoms with Crippen molar-refractivity contribution in [2.24, 2.45) is 0 Å². The minimum absolute atomic E-state index is 0.0990. The molecule has 0 saturated heterocycles. The number of amides is 1. The number of hydrogen-bond acceptors (Lipinski definition) is 2. The molecule has 1 aromatic carbocycles. The molecule has 0 unspecified atom stereocenters. The van der Waals surface area contributed by atoms with Gasteiger partial charge in [0.2, 0.25) is 0 Å². The second-order valence-electron chi connectivity index (χ2n) is 3.95. The van der Waals surface area contributed by atoms with Crippen molar-refractivity contribution in [3.63, 3.8) is 0 Å². The largest absolute Gasteiger partial charge is 0.372 e. The molecule has 86 valence electrons. The van der Waals surface area contributed by atoms with E-state index in [1.165, 1.54) is 13.2 Å². The number of benzene rings is 1. The topological polar surface area (TPSA) is 29.5 Å². The summed E-state index contributed by atoms with van der Waals surface area (Å²) in [6.45, 7) is 2.51. The maximum absolute atomic E-state index is 13.4. The quantitative estimate of drug-likeness (QED) is 0.763. The lowest BCUT2D eigenvalue weighted by Crippen LogP contribution is -2.34. The van der Waals surface area contributed by atoms with E-state index in [2.05, 4.69) is 0 Å². The van der Waals surface area contributed by atoms with Crippen LogP contribution < -0.4 is 0 Å². The monoisotopic (exact) mass is 223 g/mol. The molecule has 1 heterocycles. The van der Waals surface area contributed by atoms with Crippen molar-refractivity contribution in [3.8, 4) is 0 Å². The fraction of sp³-hybridized carbons (Fsp3) is 0.417. The Morgan fingerprint density at radius 2 is 2.25 bits per heavy atom. The van der Waals surface area contributed by atoms with Gasteiger partial charge in [0.05, 0.1) is 0 Å². The Balaban J connectivity index is 2.17. The number of ether oxygens (including phenoxy) is 1. The number of rotatable bonds is 2. The second-order valence-corrected chi connectivity index (χ2v) is 3.95. The Bertz CT molecular complexity index is 419. The summed E-state index contributed by atoms with van der Waals surface area (Å²) in [4.78, 5) is 13.4. The van der Waals surface area contributed by atoms with Gasteiger partial charge in [0.25, 0.3) is 5.91 Å². The maximum atomic E-state index is 13.4. The summed E-state index contributed by atoms with van der Waals surface area (Å²) in [6.07, 6.45) is -0.475. The molecule has 4 heteroatoms. The molecule has 0 saturated carbocycles. The summed E-state index contributed by atoms with van der Waals surface area (Å²) >= 11 is 0. The van der Waals surface area contributed by atoms with E-state index in [0.29, 0.717) is 18.7 Å². The van der Waals surface area contributed by atoms with Crippen LogP contribution in [0.25, 0.3) is 0 Å². The van der Waals surface area contributed by atoms with Gasteiger partial charge in [0.15, 0.2) is 0 Å². The van der Waals surface area contributed by atoms with Crippen molar-refractivity contribution in [2.75, 3.05) is 7.11 Å². The molecular formula is C12H14FNO2. The van der Waals surface area contributed by atoms with E-state index < -0.39 is 6.10 Å². The molecule has 1 amide bonds. The number of halogens is 1. The first-order valence-electron chi connectivity index (χ1n) is 5.21. The molecule has 1 aliphatic rings. The third-order valence-corrected chi connectivity index (χ3v) is 2.94. The summed E-state index contributed by atoms with van der Waals surface area (Å²) in [5.74, 6) is -0.337. The zero-order valence-electron chi connectivity index (χ0n) is 9.37. The van der Waals surface area contributed by atoms with Gasteiger partial charge in [-0.3, -0.25) is 4.79 Å². The molecule has 0 aromatic heterocycles. The highest BCUT2D eigenvalue weighted by molar-refractivity contribution is 5.81. The number of methoxy groups -OCH3 is 1. The van der Waals surface area contributed by atoms with Crippen LogP contribution in [0.1, 0.15) is 18.1 Å². The number of fused-ring (bicyclic) bond motifs is 1. The van der Waals surface area contributed by atoms with Crippen LogP contribution in [-0.4, -0.2) is 24.0 Å². The predicted molar refractivity (Wildman–Crippen MR) is 57.1 cm³/mol. The van der Waals surface area contributed by atoms with Gasteiger partial charge in [-0.15, -0.1) is 0 Å². The highest BCUT2D eigenvalue weighted by Crippen LogP contribution is 2.25. The first kappa shape index (κ1) is 11.1. The third-order valence-electron chi connectivity index (χ3n) is 2.94. The van der Waals surface area contributed by atoms with Crippen molar-refractivity contribution < 1.29 is 13.9 Å². The Morgan fingerprint density at radius 1 is 1.50 bits per heavy atom. The predicted octanol–water partition coefficient (Wildman–Crippen LogP) is 1.70. The van der Waals surface area contributed by atoms with Crippen LogP contribution in [-0.2, 0) is 22.6 Å². The number of nitrogens with zero attached hydrogens (tertiary/aromatic N) is 1. The zero-order valence-corrected chi connectivity index (χ0v) is 9.37. The van der Waals surface area contributed by atoms with Gasteiger partial charge >= 0.3 is 0 Å². The summed E-state index contributed by atoms with van der Waals surface area (Å²) in [5, 5.41) is 0. The van der Waals surface area contributed by atoms with E-state index >= 15 is 0 Å². The van der Waals surface area contributed by atoms with Gasteiger partial charge in [-0.25, -0.2) is 4.39 Å². The minimum Gasteiger partial charge on any atom is -0.372 e. The molecule has 0 fully saturated rings. The third kappa shape index (κ3) is 1.80. The molecule has 0 bridgehead atoms. The second kappa shape index (κ2) is 4.22. The fourth-order valence-electron chi connectivity index (χ4n) is 1.89. The van der Waals surface area contributed by atoms with Gasteiger partial charge < -0.3 is 9.64 Å². The molecule has 1 aromatic rings. The van der Waals surface area contributed by atoms with Gasteiger partial charge in [-0.2, -0.15) is 0 Å². The average Bonchev–Trinajstić information content (AvgIpc) is 2.72. The van der Waals surface area contributed by atoms with Crippen LogP contribution in [0, 0.1) is 5.82 Å². The average molecular weight is 223 g/mol. The van der Waals surface area contributed by atoms with E-state index in [-0.39, 0.29) is 11.7 Å². The Kier molecular flexibility index (Phi) is 2.92. The van der Waals surface area contributed by atoms with Gasteiger partial charge in [-0.05, 0) is 18.6 Å². The highest BCUT2D eigenvalue weighted by Gasteiger charge is 2.28. The van der Waals surface area contributed by atoms with E-state index in [0.717, 1.165) is 5.56 Å².